The molecule has 1 saturated heterocycles. The molecule has 3 heteroatoms. The summed E-state index contributed by atoms with van der Waals surface area (Å²) in [5, 5.41) is 10.5. The van der Waals surface area contributed by atoms with E-state index < -0.39 is 5.60 Å². The first kappa shape index (κ1) is 12.6. The first-order chi connectivity index (χ1) is 8.64. The molecule has 1 aliphatic heterocycles. The summed E-state index contributed by atoms with van der Waals surface area (Å²) in [5.41, 5.74) is -1.02. The summed E-state index contributed by atoms with van der Waals surface area (Å²) in [6, 6.07) is 0. The lowest BCUT2D eigenvalue weighted by atomic mass is 9.77. The van der Waals surface area contributed by atoms with Crippen LogP contribution in [0.4, 0.5) is 0 Å². The van der Waals surface area contributed by atoms with Crippen LogP contribution in [0, 0.1) is 5.92 Å². The summed E-state index contributed by atoms with van der Waals surface area (Å²) in [6.07, 6.45) is 9.68. The van der Waals surface area contributed by atoms with Gasteiger partial charge < -0.3 is 9.84 Å². The molecule has 3 nitrogen and oxygen atoms in total. The smallest absolute Gasteiger partial charge is 0.167 e. The molecule has 3 rings (SSSR count). The van der Waals surface area contributed by atoms with Gasteiger partial charge in [0.25, 0.3) is 0 Å². The Bertz CT molecular complexity index is 325. The summed E-state index contributed by atoms with van der Waals surface area (Å²) in [4.78, 5) is 12.6. The molecular weight excluding hydrogens is 228 g/mol. The number of aliphatic hydroxyl groups is 1. The van der Waals surface area contributed by atoms with Crippen molar-refractivity contribution in [1.29, 1.82) is 0 Å². The molecule has 1 N–H and O–H groups in total. The molecule has 0 aromatic carbocycles. The van der Waals surface area contributed by atoms with Gasteiger partial charge >= 0.3 is 0 Å². The number of ketones is 1. The van der Waals surface area contributed by atoms with E-state index in [2.05, 4.69) is 0 Å². The molecule has 0 amide bonds. The van der Waals surface area contributed by atoms with Crippen LogP contribution in [0.5, 0.6) is 0 Å². The monoisotopic (exact) mass is 252 g/mol. The Morgan fingerprint density at radius 2 is 1.67 bits per heavy atom. The van der Waals surface area contributed by atoms with Crippen LogP contribution < -0.4 is 0 Å². The molecule has 102 valence electrons. The second-order valence-corrected chi connectivity index (χ2v) is 6.53. The summed E-state index contributed by atoms with van der Waals surface area (Å²) in [7, 11) is 0. The maximum Gasteiger partial charge on any atom is 0.167 e. The topological polar surface area (TPSA) is 46.5 Å². The molecule has 3 fully saturated rings. The van der Waals surface area contributed by atoms with Crippen molar-refractivity contribution < 1.29 is 14.6 Å². The molecule has 18 heavy (non-hydrogen) atoms. The molecular formula is C15H24O3. The Kier molecular flexibility index (Phi) is 3.23. The number of rotatable bonds is 2. The third kappa shape index (κ3) is 2.12. The normalized spacial score (nSPS) is 33.9. The second-order valence-electron chi connectivity index (χ2n) is 6.53. The maximum atomic E-state index is 12.6. The van der Waals surface area contributed by atoms with Crippen LogP contribution in [0.15, 0.2) is 0 Å². The maximum absolute atomic E-state index is 12.6. The average Bonchev–Trinajstić information content (AvgIpc) is 2.99. The summed E-state index contributed by atoms with van der Waals surface area (Å²) >= 11 is 0. The Labute approximate surface area is 109 Å². The molecule has 1 unspecified atom stereocenters. The molecule has 0 aromatic heterocycles. The lowest BCUT2D eigenvalue weighted by Crippen LogP contribution is -2.46. The fraction of sp³-hybridized carbons (Fsp3) is 0.933. The van der Waals surface area contributed by atoms with Crippen LogP contribution in [-0.4, -0.2) is 28.7 Å². The van der Waals surface area contributed by atoms with E-state index in [0.29, 0.717) is 19.4 Å². The van der Waals surface area contributed by atoms with Gasteiger partial charge in [-0.25, -0.2) is 0 Å². The third-order valence-electron chi connectivity index (χ3n) is 5.27. The molecule has 0 radical (unpaired) electrons. The zero-order chi connectivity index (χ0) is 12.6. The first-order valence-corrected chi connectivity index (χ1v) is 7.54. The van der Waals surface area contributed by atoms with Crippen LogP contribution in [0.25, 0.3) is 0 Å². The Morgan fingerprint density at radius 3 is 2.33 bits per heavy atom. The van der Waals surface area contributed by atoms with Gasteiger partial charge in [-0.15, -0.1) is 0 Å². The van der Waals surface area contributed by atoms with Gasteiger partial charge in [-0.05, 0) is 51.4 Å². The predicted octanol–water partition coefficient (Wildman–Crippen LogP) is 2.60. The number of carbonyl (C=O) groups is 1. The van der Waals surface area contributed by atoms with Gasteiger partial charge in [-0.3, -0.25) is 4.79 Å². The molecule has 1 heterocycles. The molecule has 0 aromatic rings. The minimum atomic E-state index is -0.998. The van der Waals surface area contributed by atoms with Crippen LogP contribution in [-0.2, 0) is 9.53 Å². The lowest BCUT2D eigenvalue weighted by molar-refractivity contribution is -0.152. The van der Waals surface area contributed by atoms with Crippen molar-refractivity contribution in [3.63, 3.8) is 0 Å². The van der Waals surface area contributed by atoms with Crippen molar-refractivity contribution in [2.45, 2.75) is 75.4 Å². The lowest BCUT2D eigenvalue weighted by Gasteiger charge is -2.39. The Balaban J connectivity index is 1.70. The number of hydrogen-bond acceptors (Lipinski definition) is 3. The van der Waals surface area contributed by atoms with Crippen molar-refractivity contribution in [3.05, 3.63) is 0 Å². The zero-order valence-corrected chi connectivity index (χ0v) is 11.1. The zero-order valence-electron chi connectivity index (χ0n) is 11.1. The molecule has 2 aliphatic carbocycles. The molecule has 1 atom stereocenters. The predicted molar refractivity (Wildman–Crippen MR) is 68.3 cm³/mol. The largest absolute Gasteiger partial charge is 0.382 e. The van der Waals surface area contributed by atoms with Crippen LogP contribution >= 0.6 is 0 Å². The van der Waals surface area contributed by atoms with Gasteiger partial charge in [0.05, 0.1) is 5.60 Å². The van der Waals surface area contributed by atoms with Crippen LogP contribution in [0.1, 0.15) is 64.2 Å². The van der Waals surface area contributed by atoms with Gasteiger partial charge in [-0.1, -0.05) is 12.8 Å². The fourth-order valence-corrected chi connectivity index (χ4v) is 4.21. The Hall–Kier alpha value is -0.410. The SMILES string of the molecule is O=C(C1CCOC2(CCCC2)C1)C1(O)CCCC1. The van der Waals surface area contributed by atoms with E-state index in [0.717, 1.165) is 38.5 Å². The standard InChI is InChI=1S/C15H24O3/c16-13(15(17)8-3-4-9-15)12-5-10-18-14(11-12)6-1-2-7-14/h12,17H,1-11H2. The molecule has 0 bridgehead atoms. The highest BCUT2D eigenvalue weighted by Gasteiger charge is 2.47. The minimum absolute atomic E-state index is 0.0203. The number of ether oxygens (including phenoxy) is 1. The molecule has 3 aliphatic rings. The van der Waals surface area contributed by atoms with E-state index in [1.54, 1.807) is 0 Å². The quantitative estimate of drug-likeness (QED) is 0.821. The van der Waals surface area contributed by atoms with E-state index in [1.165, 1.54) is 12.8 Å². The number of carbonyl (C=O) groups excluding carboxylic acids is 1. The summed E-state index contributed by atoms with van der Waals surface area (Å²) in [6.45, 7) is 0.701. The number of Topliss-reactive ketones (excluding diaryl/α,β-unsaturated/α-hetero) is 1. The van der Waals surface area contributed by atoms with Crippen molar-refractivity contribution in [2.75, 3.05) is 6.61 Å². The van der Waals surface area contributed by atoms with E-state index in [1.807, 2.05) is 0 Å². The fourth-order valence-electron chi connectivity index (χ4n) is 4.21. The second kappa shape index (κ2) is 4.61. The highest BCUT2D eigenvalue weighted by molar-refractivity contribution is 5.89. The molecule has 2 saturated carbocycles. The Morgan fingerprint density at radius 1 is 1.06 bits per heavy atom. The highest BCUT2D eigenvalue weighted by atomic mass is 16.5. The average molecular weight is 252 g/mol. The van der Waals surface area contributed by atoms with Crippen LogP contribution in [0.2, 0.25) is 0 Å². The third-order valence-corrected chi connectivity index (χ3v) is 5.27. The van der Waals surface area contributed by atoms with E-state index in [9.17, 15) is 9.90 Å². The van der Waals surface area contributed by atoms with Gasteiger partial charge in [-0.2, -0.15) is 0 Å². The highest BCUT2D eigenvalue weighted by Crippen LogP contribution is 2.44. The molecule has 1 spiro atoms. The summed E-state index contributed by atoms with van der Waals surface area (Å²) in [5.74, 6) is 0.162. The first-order valence-electron chi connectivity index (χ1n) is 7.54. The van der Waals surface area contributed by atoms with Crippen molar-refractivity contribution in [3.8, 4) is 0 Å². The van der Waals surface area contributed by atoms with Crippen molar-refractivity contribution >= 4 is 5.78 Å². The van der Waals surface area contributed by atoms with E-state index in [-0.39, 0.29) is 17.3 Å². The van der Waals surface area contributed by atoms with Crippen molar-refractivity contribution in [2.24, 2.45) is 5.92 Å². The minimum Gasteiger partial charge on any atom is -0.382 e. The van der Waals surface area contributed by atoms with Gasteiger partial charge in [0, 0.05) is 12.5 Å². The van der Waals surface area contributed by atoms with Crippen molar-refractivity contribution in [1.82, 2.24) is 0 Å². The number of hydrogen-bond donors (Lipinski definition) is 1. The van der Waals surface area contributed by atoms with Gasteiger partial charge in [0.15, 0.2) is 5.78 Å². The summed E-state index contributed by atoms with van der Waals surface area (Å²) < 4.78 is 5.97. The van der Waals surface area contributed by atoms with Gasteiger partial charge in [0.1, 0.15) is 5.60 Å². The van der Waals surface area contributed by atoms with E-state index >= 15 is 0 Å². The van der Waals surface area contributed by atoms with Crippen LogP contribution in [0.3, 0.4) is 0 Å². The van der Waals surface area contributed by atoms with Gasteiger partial charge in [0.2, 0.25) is 0 Å². The van der Waals surface area contributed by atoms with E-state index in [4.69, 9.17) is 4.74 Å².